The number of carbonyl (C=O) groups excluding carboxylic acids is 1. The molecule has 1 aliphatic carbocycles. The van der Waals surface area contributed by atoms with Gasteiger partial charge in [0.05, 0.1) is 17.0 Å². The number of rotatable bonds is 7. The van der Waals surface area contributed by atoms with E-state index in [1.807, 2.05) is 18.2 Å². The second kappa shape index (κ2) is 11.1. The first-order chi connectivity index (χ1) is 18.0. The second-order valence-electron chi connectivity index (χ2n) is 9.05. The molecule has 0 fully saturated rings. The third-order valence-corrected chi connectivity index (χ3v) is 7.90. The number of hydrogen-bond donors (Lipinski definition) is 2. The lowest BCUT2D eigenvalue weighted by Crippen LogP contribution is -2.41. The Morgan fingerprint density at radius 1 is 1.03 bits per heavy atom. The minimum absolute atomic E-state index is 0.147. The molecule has 0 saturated heterocycles. The van der Waals surface area contributed by atoms with Crippen LogP contribution in [-0.4, -0.2) is 31.0 Å². The van der Waals surface area contributed by atoms with Gasteiger partial charge in [-0.05, 0) is 78.3 Å². The number of fused-ring (bicyclic) bond motifs is 1. The number of alkyl halides is 3. The van der Waals surface area contributed by atoms with Crippen molar-refractivity contribution >= 4 is 21.8 Å². The van der Waals surface area contributed by atoms with E-state index in [-0.39, 0.29) is 17.5 Å². The molecule has 0 saturated carbocycles. The smallest absolute Gasteiger partial charge is 0.386 e. The van der Waals surface area contributed by atoms with Crippen LogP contribution in [0.1, 0.15) is 51.6 Å². The topological polar surface area (TPSA) is 83.5 Å². The molecule has 0 aromatic heterocycles. The highest BCUT2D eigenvalue weighted by Crippen LogP contribution is 2.31. The molecular formula is C28H25F4NO4S. The highest BCUT2D eigenvalue weighted by atomic mass is 32.2. The molecule has 1 aliphatic rings. The number of halogens is 4. The molecule has 0 heterocycles. The molecule has 0 spiro atoms. The van der Waals surface area contributed by atoms with E-state index >= 15 is 0 Å². The van der Waals surface area contributed by atoms with E-state index in [1.54, 1.807) is 12.1 Å². The number of aryl methyl sites for hydroxylation is 1. The molecule has 0 bridgehead atoms. The number of benzene rings is 3. The van der Waals surface area contributed by atoms with Gasteiger partial charge in [-0.1, -0.05) is 48.6 Å². The Bertz CT molecular complexity index is 1450. The number of aliphatic hydroxyl groups excluding tert-OH is 1. The van der Waals surface area contributed by atoms with Crippen LogP contribution in [0, 0.1) is 5.82 Å². The number of allylic oxidation sites excluding steroid dienone is 1. The first kappa shape index (κ1) is 27.5. The molecule has 3 aromatic carbocycles. The molecule has 2 atom stereocenters. The summed E-state index contributed by atoms with van der Waals surface area (Å²) in [4.78, 5) is 12.5. The lowest BCUT2D eigenvalue weighted by molar-refractivity contribution is -0.0436. The fourth-order valence-corrected chi connectivity index (χ4v) is 5.28. The number of aliphatic hydroxyl groups is 1. The van der Waals surface area contributed by atoms with Gasteiger partial charge >= 0.3 is 5.51 Å². The summed E-state index contributed by atoms with van der Waals surface area (Å²) < 4.78 is 76.6. The number of sulfone groups is 1. The van der Waals surface area contributed by atoms with Gasteiger partial charge < -0.3 is 10.4 Å². The Hall–Kier alpha value is -3.50. The van der Waals surface area contributed by atoms with Crippen LogP contribution >= 0.6 is 0 Å². The maximum atomic E-state index is 13.5. The monoisotopic (exact) mass is 547 g/mol. The Balaban J connectivity index is 1.69. The zero-order valence-corrected chi connectivity index (χ0v) is 20.9. The van der Waals surface area contributed by atoms with E-state index in [0.717, 1.165) is 54.7 Å². The minimum Gasteiger partial charge on any atom is -0.386 e. The van der Waals surface area contributed by atoms with Gasteiger partial charge in [0.1, 0.15) is 5.82 Å². The van der Waals surface area contributed by atoms with Gasteiger partial charge in [-0.15, -0.1) is 0 Å². The molecule has 1 amide bonds. The SMILES string of the molecule is O=C(NC(Cc1cccc(S(=O)(=O)C(F)(F)F)c1)C(O)c1ccc(F)cc1)c1cccc2c1C=CCCC2. The molecular weight excluding hydrogens is 522 g/mol. The quantitative estimate of drug-likeness (QED) is 0.381. The van der Waals surface area contributed by atoms with Crippen molar-refractivity contribution in [2.45, 2.75) is 48.2 Å². The zero-order chi connectivity index (χ0) is 27.5. The standard InChI is InChI=1S/C28H25F4NO4S/c29-21-14-12-20(13-15-21)26(34)25(17-18-6-4-9-22(16-18)38(36,37)28(30,31)32)33-27(35)24-11-5-8-19-7-2-1-3-10-23(19)24/h3-6,8-16,25-26,34H,1-2,7,17H2,(H,33,35). The van der Waals surface area contributed by atoms with Crippen LogP contribution in [0.3, 0.4) is 0 Å². The van der Waals surface area contributed by atoms with E-state index in [0.29, 0.717) is 5.56 Å². The van der Waals surface area contributed by atoms with Crippen molar-refractivity contribution in [2.24, 2.45) is 0 Å². The minimum atomic E-state index is -5.59. The molecule has 2 unspecified atom stereocenters. The van der Waals surface area contributed by atoms with Gasteiger partial charge in [0.15, 0.2) is 0 Å². The number of carbonyl (C=O) groups is 1. The van der Waals surface area contributed by atoms with Gasteiger partial charge in [-0.3, -0.25) is 4.79 Å². The number of amides is 1. The Labute approximate surface area is 217 Å². The maximum Gasteiger partial charge on any atom is 0.501 e. The molecule has 38 heavy (non-hydrogen) atoms. The first-order valence-corrected chi connectivity index (χ1v) is 13.4. The van der Waals surface area contributed by atoms with Crippen molar-refractivity contribution in [3.05, 3.63) is 106 Å². The molecule has 2 N–H and O–H groups in total. The predicted molar refractivity (Wildman–Crippen MR) is 134 cm³/mol. The van der Waals surface area contributed by atoms with Gasteiger partial charge in [0, 0.05) is 5.56 Å². The normalized spacial score (nSPS) is 15.3. The summed E-state index contributed by atoms with van der Waals surface area (Å²) >= 11 is 0. The lowest BCUT2D eigenvalue weighted by atomic mass is 9.94. The van der Waals surface area contributed by atoms with Gasteiger partial charge in [0.2, 0.25) is 0 Å². The summed E-state index contributed by atoms with van der Waals surface area (Å²) in [5, 5.41) is 13.9. The van der Waals surface area contributed by atoms with E-state index in [4.69, 9.17) is 0 Å². The van der Waals surface area contributed by atoms with Crippen molar-refractivity contribution in [3.63, 3.8) is 0 Å². The van der Waals surface area contributed by atoms with Crippen LogP contribution in [0.4, 0.5) is 17.6 Å². The van der Waals surface area contributed by atoms with Crippen LogP contribution in [0.2, 0.25) is 0 Å². The first-order valence-electron chi connectivity index (χ1n) is 11.9. The number of hydrogen-bond acceptors (Lipinski definition) is 4. The Morgan fingerprint density at radius 2 is 1.74 bits per heavy atom. The highest BCUT2D eigenvalue weighted by molar-refractivity contribution is 7.92. The Morgan fingerprint density at radius 3 is 2.45 bits per heavy atom. The Kier molecular flexibility index (Phi) is 8.03. The van der Waals surface area contributed by atoms with Crippen LogP contribution < -0.4 is 5.32 Å². The van der Waals surface area contributed by atoms with Gasteiger partial charge in [0.25, 0.3) is 15.7 Å². The van der Waals surface area contributed by atoms with Crippen molar-refractivity contribution in [2.75, 3.05) is 0 Å². The third kappa shape index (κ3) is 5.97. The van der Waals surface area contributed by atoms with Crippen LogP contribution in [0.25, 0.3) is 6.08 Å². The zero-order valence-electron chi connectivity index (χ0n) is 20.1. The van der Waals surface area contributed by atoms with Crippen LogP contribution in [0.5, 0.6) is 0 Å². The van der Waals surface area contributed by atoms with E-state index < -0.39 is 44.1 Å². The summed E-state index contributed by atoms with van der Waals surface area (Å²) in [5.41, 5.74) is -2.96. The van der Waals surface area contributed by atoms with E-state index in [1.165, 1.54) is 24.3 Å². The number of nitrogens with one attached hydrogen (secondary N) is 1. The molecule has 4 rings (SSSR count). The highest BCUT2D eigenvalue weighted by Gasteiger charge is 2.46. The van der Waals surface area contributed by atoms with Crippen molar-refractivity contribution in [1.29, 1.82) is 0 Å². The molecule has 5 nitrogen and oxygen atoms in total. The molecule has 3 aromatic rings. The average molecular weight is 548 g/mol. The van der Waals surface area contributed by atoms with Gasteiger partial charge in [-0.25, -0.2) is 12.8 Å². The van der Waals surface area contributed by atoms with E-state index in [2.05, 4.69) is 5.32 Å². The van der Waals surface area contributed by atoms with Crippen molar-refractivity contribution in [1.82, 2.24) is 5.32 Å². The summed E-state index contributed by atoms with van der Waals surface area (Å²) in [7, 11) is -5.59. The summed E-state index contributed by atoms with van der Waals surface area (Å²) in [5.74, 6) is -1.05. The van der Waals surface area contributed by atoms with Gasteiger partial charge in [-0.2, -0.15) is 13.2 Å². The molecule has 200 valence electrons. The molecule has 10 heteroatoms. The lowest BCUT2D eigenvalue weighted by Gasteiger charge is -2.26. The molecule has 0 aliphatic heterocycles. The predicted octanol–water partition coefficient (Wildman–Crippen LogP) is 5.54. The summed E-state index contributed by atoms with van der Waals surface area (Å²) in [6.07, 6.45) is 4.84. The molecule has 0 radical (unpaired) electrons. The third-order valence-electron chi connectivity index (χ3n) is 6.42. The van der Waals surface area contributed by atoms with E-state index in [9.17, 15) is 35.9 Å². The van der Waals surface area contributed by atoms with Crippen molar-refractivity contribution < 1.29 is 35.9 Å². The van der Waals surface area contributed by atoms with Crippen LogP contribution in [0.15, 0.2) is 77.7 Å². The fraction of sp³-hybridized carbons (Fsp3) is 0.250. The summed E-state index contributed by atoms with van der Waals surface area (Å²) in [6, 6.07) is 13.5. The second-order valence-corrected chi connectivity index (χ2v) is 11.0. The average Bonchev–Trinajstić information content (AvgIpc) is 3.13. The van der Waals surface area contributed by atoms with Crippen molar-refractivity contribution in [3.8, 4) is 0 Å². The van der Waals surface area contributed by atoms with Crippen LogP contribution in [-0.2, 0) is 22.7 Å². The summed E-state index contributed by atoms with van der Waals surface area (Å²) in [6.45, 7) is 0. The largest absolute Gasteiger partial charge is 0.501 e. The maximum absolute atomic E-state index is 13.5. The fourth-order valence-electron chi connectivity index (χ4n) is 4.44.